The van der Waals surface area contributed by atoms with Crippen LogP contribution in [-0.4, -0.2) is 50.1 Å². The van der Waals surface area contributed by atoms with Crippen LogP contribution in [0.1, 0.15) is 13.3 Å². The topological polar surface area (TPSA) is 52.6 Å². The van der Waals surface area contributed by atoms with Crippen molar-refractivity contribution >= 4 is 11.6 Å². The zero-order valence-electron chi connectivity index (χ0n) is 11.8. The largest absolute Gasteiger partial charge is 0.486 e. The van der Waals surface area contributed by atoms with Gasteiger partial charge in [-0.25, -0.2) is 0 Å². The van der Waals surface area contributed by atoms with Gasteiger partial charge in [-0.2, -0.15) is 0 Å². The Morgan fingerprint density at radius 2 is 2.25 bits per heavy atom. The summed E-state index contributed by atoms with van der Waals surface area (Å²) >= 11 is 5.90. The Hall–Kier alpha value is -0.880. The molecule has 1 N–H and O–H groups in total. The van der Waals surface area contributed by atoms with E-state index in [0.29, 0.717) is 30.0 Å². The number of likely N-dealkylation sites (N-methyl/N-ethyl adjacent to an activating group) is 1. The molecule has 0 aliphatic heterocycles. The highest BCUT2D eigenvalue weighted by atomic mass is 35.5. The van der Waals surface area contributed by atoms with E-state index < -0.39 is 0 Å². The second-order valence-corrected chi connectivity index (χ2v) is 5.16. The molecule has 5 nitrogen and oxygen atoms in total. The van der Waals surface area contributed by atoms with E-state index in [-0.39, 0.29) is 12.2 Å². The van der Waals surface area contributed by atoms with Gasteiger partial charge >= 0.3 is 0 Å². The maximum Gasteiger partial charge on any atom is 0.139 e. The molecule has 0 amide bonds. The molecule has 0 aromatic carbocycles. The average Bonchev–Trinajstić information content (AvgIpc) is 2.42. The van der Waals surface area contributed by atoms with Gasteiger partial charge in [0.25, 0.3) is 0 Å². The first-order valence-electron chi connectivity index (χ1n) is 6.85. The fourth-order valence-electron chi connectivity index (χ4n) is 2.28. The Morgan fingerprint density at radius 3 is 2.95 bits per heavy atom. The molecule has 1 aromatic heterocycles. The first kappa shape index (κ1) is 15.5. The summed E-state index contributed by atoms with van der Waals surface area (Å²) in [4.78, 5) is 4.02. The Morgan fingerprint density at radius 1 is 1.40 bits per heavy atom. The molecule has 1 aromatic rings. The number of nitrogens with one attached hydrogen (secondary N) is 1. The van der Waals surface area contributed by atoms with E-state index in [0.717, 1.165) is 13.0 Å². The van der Waals surface area contributed by atoms with Crippen LogP contribution in [0.4, 0.5) is 0 Å². The fraction of sp³-hybridized carbons (Fsp3) is 0.643. The van der Waals surface area contributed by atoms with Crippen LogP contribution >= 0.6 is 11.6 Å². The molecule has 6 heteroatoms. The average molecular weight is 301 g/mol. The van der Waals surface area contributed by atoms with Gasteiger partial charge in [-0.3, -0.25) is 4.98 Å². The molecular formula is C14H21ClN2O3. The molecule has 1 aliphatic rings. The predicted molar refractivity (Wildman–Crippen MR) is 77.4 cm³/mol. The summed E-state index contributed by atoms with van der Waals surface area (Å²) in [6.45, 7) is 4.15. The Labute approximate surface area is 124 Å². The molecule has 0 spiro atoms. The monoisotopic (exact) mass is 300 g/mol. The van der Waals surface area contributed by atoms with Crippen molar-refractivity contribution in [2.75, 3.05) is 26.9 Å². The van der Waals surface area contributed by atoms with Crippen molar-refractivity contribution in [1.82, 2.24) is 10.3 Å². The van der Waals surface area contributed by atoms with Crippen molar-refractivity contribution in [2.45, 2.75) is 31.6 Å². The van der Waals surface area contributed by atoms with Gasteiger partial charge in [0.1, 0.15) is 18.0 Å². The second kappa shape index (κ2) is 7.78. The third kappa shape index (κ3) is 4.06. The second-order valence-electron chi connectivity index (χ2n) is 4.72. The molecule has 1 aliphatic carbocycles. The summed E-state index contributed by atoms with van der Waals surface area (Å²) in [5, 5.41) is 3.97. The first-order valence-corrected chi connectivity index (χ1v) is 7.23. The van der Waals surface area contributed by atoms with Gasteiger partial charge in [-0.15, -0.1) is 0 Å². The fourth-order valence-corrected chi connectivity index (χ4v) is 2.45. The zero-order valence-corrected chi connectivity index (χ0v) is 12.6. The Balaban J connectivity index is 1.89. The summed E-state index contributed by atoms with van der Waals surface area (Å²) < 4.78 is 16.7. The number of methoxy groups -OCH3 is 1. The van der Waals surface area contributed by atoms with Crippen molar-refractivity contribution in [1.29, 1.82) is 0 Å². The molecule has 3 unspecified atom stereocenters. The first-order chi connectivity index (χ1) is 9.74. The normalized spacial score (nSPS) is 25.2. The molecular weight excluding hydrogens is 280 g/mol. The molecule has 0 radical (unpaired) electrons. The van der Waals surface area contributed by atoms with Gasteiger partial charge in [0.2, 0.25) is 0 Å². The lowest BCUT2D eigenvalue weighted by Crippen LogP contribution is -2.61. The molecule has 20 heavy (non-hydrogen) atoms. The number of pyridine rings is 1. The van der Waals surface area contributed by atoms with E-state index in [9.17, 15) is 0 Å². The quantitative estimate of drug-likeness (QED) is 0.743. The molecule has 0 saturated heterocycles. The number of hydrogen-bond donors (Lipinski definition) is 1. The standard InChI is InChI=1S/C14H21ClN2O3/c1-3-17-12-7-13(14(12)19-5-4-18-2)20-11-6-10(15)8-16-9-11/h6,8-9,12-14,17H,3-5,7H2,1-2H3. The number of ether oxygens (including phenoxy) is 3. The summed E-state index contributed by atoms with van der Waals surface area (Å²) in [7, 11) is 1.66. The van der Waals surface area contributed by atoms with Crippen molar-refractivity contribution in [3.63, 3.8) is 0 Å². The van der Waals surface area contributed by atoms with Gasteiger partial charge in [-0.1, -0.05) is 18.5 Å². The Kier molecular flexibility index (Phi) is 6.04. The third-order valence-corrected chi connectivity index (χ3v) is 3.49. The van der Waals surface area contributed by atoms with Crippen LogP contribution in [0.5, 0.6) is 5.75 Å². The molecule has 1 saturated carbocycles. The van der Waals surface area contributed by atoms with Gasteiger partial charge < -0.3 is 19.5 Å². The lowest BCUT2D eigenvalue weighted by molar-refractivity contribution is -0.115. The van der Waals surface area contributed by atoms with Gasteiger partial charge in [0.15, 0.2) is 0 Å². The minimum atomic E-state index is 0.0242. The van der Waals surface area contributed by atoms with Crippen LogP contribution in [0.25, 0.3) is 0 Å². The smallest absolute Gasteiger partial charge is 0.139 e. The van der Waals surface area contributed by atoms with Crippen LogP contribution in [-0.2, 0) is 9.47 Å². The molecule has 1 heterocycles. The highest BCUT2D eigenvalue weighted by Crippen LogP contribution is 2.29. The number of rotatable bonds is 8. The van der Waals surface area contributed by atoms with Crippen molar-refractivity contribution < 1.29 is 14.2 Å². The summed E-state index contributed by atoms with van der Waals surface area (Å²) in [5.41, 5.74) is 0. The number of aromatic nitrogens is 1. The highest BCUT2D eigenvalue weighted by Gasteiger charge is 2.43. The number of hydrogen-bond acceptors (Lipinski definition) is 5. The van der Waals surface area contributed by atoms with Crippen LogP contribution in [0, 0.1) is 0 Å². The SMILES string of the molecule is CCNC1CC(Oc2cncc(Cl)c2)C1OCCOC. The van der Waals surface area contributed by atoms with Gasteiger partial charge in [-0.05, 0) is 6.54 Å². The van der Waals surface area contributed by atoms with Crippen LogP contribution in [0.2, 0.25) is 5.02 Å². The number of nitrogens with zero attached hydrogens (tertiary/aromatic N) is 1. The van der Waals surface area contributed by atoms with E-state index >= 15 is 0 Å². The lowest BCUT2D eigenvalue weighted by atomic mass is 9.85. The zero-order chi connectivity index (χ0) is 14.4. The van der Waals surface area contributed by atoms with E-state index in [1.807, 2.05) is 0 Å². The van der Waals surface area contributed by atoms with E-state index in [2.05, 4.69) is 17.2 Å². The molecule has 0 bridgehead atoms. The minimum Gasteiger partial charge on any atom is -0.486 e. The lowest BCUT2D eigenvalue weighted by Gasteiger charge is -2.44. The van der Waals surface area contributed by atoms with E-state index in [4.69, 9.17) is 25.8 Å². The molecule has 1 fully saturated rings. The van der Waals surface area contributed by atoms with Crippen LogP contribution < -0.4 is 10.1 Å². The van der Waals surface area contributed by atoms with Gasteiger partial charge in [0, 0.05) is 31.8 Å². The maximum absolute atomic E-state index is 5.90. The van der Waals surface area contributed by atoms with Crippen molar-refractivity contribution in [2.24, 2.45) is 0 Å². The highest BCUT2D eigenvalue weighted by molar-refractivity contribution is 6.30. The summed E-state index contributed by atoms with van der Waals surface area (Å²) in [6, 6.07) is 2.09. The predicted octanol–water partition coefficient (Wildman–Crippen LogP) is 1.90. The third-order valence-electron chi connectivity index (χ3n) is 3.28. The van der Waals surface area contributed by atoms with Gasteiger partial charge in [0.05, 0.1) is 24.4 Å². The molecule has 3 atom stereocenters. The Bertz CT molecular complexity index is 419. The van der Waals surface area contributed by atoms with Crippen LogP contribution in [0.15, 0.2) is 18.5 Å². The summed E-state index contributed by atoms with van der Waals surface area (Å²) in [6.07, 6.45) is 4.22. The van der Waals surface area contributed by atoms with Crippen molar-refractivity contribution in [3.8, 4) is 5.75 Å². The summed E-state index contributed by atoms with van der Waals surface area (Å²) in [5.74, 6) is 0.679. The molecule has 112 valence electrons. The van der Waals surface area contributed by atoms with E-state index in [1.165, 1.54) is 0 Å². The van der Waals surface area contributed by atoms with E-state index in [1.54, 1.807) is 25.6 Å². The minimum absolute atomic E-state index is 0.0242. The molecule has 2 rings (SSSR count). The van der Waals surface area contributed by atoms with Crippen LogP contribution in [0.3, 0.4) is 0 Å². The maximum atomic E-state index is 5.90. The number of halogens is 1. The van der Waals surface area contributed by atoms with Crippen molar-refractivity contribution in [3.05, 3.63) is 23.5 Å².